The quantitative estimate of drug-likeness (QED) is 0.713. The van der Waals surface area contributed by atoms with Crippen LogP contribution in [-0.4, -0.2) is 57.8 Å². The lowest BCUT2D eigenvalue weighted by Crippen LogP contribution is -2.23. The zero-order chi connectivity index (χ0) is 15.0. The second-order valence-electron chi connectivity index (χ2n) is 5.16. The van der Waals surface area contributed by atoms with Gasteiger partial charge in [0.05, 0.1) is 12.3 Å². The number of thiazole rings is 1. The Morgan fingerprint density at radius 3 is 2.60 bits per heavy atom. The van der Waals surface area contributed by atoms with Gasteiger partial charge in [-0.1, -0.05) is 6.92 Å². The van der Waals surface area contributed by atoms with E-state index in [-0.39, 0.29) is 0 Å². The fraction of sp³-hybridized carbons (Fsp3) is 0.786. The van der Waals surface area contributed by atoms with Crippen LogP contribution in [0.4, 0.5) is 5.13 Å². The van der Waals surface area contributed by atoms with Crippen molar-refractivity contribution < 1.29 is 4.74 Å². The molecule has 0 saturated heterocycles. The van der Waals surface area contributed by atoms with E-state index in [1.165, 1.54) is 4.88 Å². The Labute approximate surface area is 126 Å². The number of methoxy groups -OCH3 is 1. The molecule has 0 aliphatic heterocycles. The Kier molecular flexibility index (Phi) is 8.06. The fourth-order valence-electron chi connectivity index (χ4n) is 1.88. The summed E-state index contributed by atoms with van der Waals surface area (Å²) < 4.78 is 5.25. The zero-order valence-corrected chi connectivity index (χ0v) is 14.2. The summed E-state index contributed by atoms with van der Waals surface area (Å²) in [5, 5.41) is 4.45. The second kappa shape index (κ2) is 9.28. The summed E-state index contributed by atoms with van der Waals surface area (Å²) in [5.41, 5.74) is 1.06. The molecule has 1 rings (SSSR count). The molecule has 0 aliphatic rings. The minimum Gasteiger partial charge on any atom is -0.378 e. The highest BCUT2D eigenvalue weighted by Gasteiger charge is 2.13. The first-order valence-electron chi connectivity index (χ1n) is 7.12. The summed E-state index contributed by atoms with van der Waals surface area (Å²) >= 11 is 1.77. The van der Waals surface area contributed by atoms with Gasteiger partial charge in [0.1, 0.15) is 0 Å². The third-order valence-electron chi connectivity index (χ3n) is 3.01. The second-order valence-corrected chi connectivity index (χ2v) is 6.22. The van der Waals surface area contributed by atoms with Gasteiger partial charge in [-0.3, -0.25) is 0 Å². The number of hydrogen-bond donors (Lipinski definition) is 1. The highest BCUT2D eigenvalue weighted by Crippen LogP contribution is 2.26. The Morgan fingerprint density at radius 1 is 1.25 bits per heavy atom. The molecule has 0 aromatic carbocycles. The molecule has 1 aromatic heterocycles. The normalized spacial score (nSPS) is 11.3. The van der Waals surface area contributed by atoms with Crippen molar-refractivity contribution in [2.75, 3.05) is 52.8 Å². The Bertz CT molecular complexity index is 381. The molecule has 0 bridgehead atoms. The van der Waals surface area contributed by atoms with E-state index in [0.717, 1.165) is 43.4 Å². The van der Waals surface area contributed by atoms with E-state index in [0.29, 0.717) is 6.61 Å². The van der Waals surface area contributed by atoms with Gasteiger partial charge in [-0.15, -0.1) is 11.3 Å². The van der Waals surface area contributed by atoms with Crippen molar-refractivity contribution in [2.45, 2.75) is 26.5 Å². The summed E-state index contributed by atoms with van der Waals surface area (Å²) in [5.74, 6) is 0. The first-order chi connectivity index (χ1) is 9.58. The molecule has 5 nitrogen and oxygen atoms in total. The average Bonchev–Trinajstić information content (AvgIpc) is 2.79. The van der Waals surface area contributed by atoms with E-state index in [9.17, 15) is 0 Å². The molecule has 20 heavy (non-hydrogen) atoms. The Balaban J connectivity index is 2.63. The summed E-state index contributed by atoms with van der Waals surface area (Å²) in [6.45, 7) is 6.68. The standard InChI is InChI=1S/C14H28N4OS/c1-6-15-10-13-12(11-19-5)16-14(20-13)18(4)9-7-8-17(2)3/h15H,6-11H2,1-5H3. The summed E-state index contributed by atoms with van der Waals surface area (Å²) in [6.07, 6.45) is 1.14. The van der Waals surface area contributed by atoms with Crippen LogP contribution in [0.1, 0.15) is 23.9 Å². The van der Waals surface area contributed by atoms with Gasteiger partial charge in [0.25, 0.3) is 0 Å². The molecule has 0 amide bonds. The van der Waals surface area contributed by atoms with E-state index in [1.54, 1.807) is 18.4 Å². The minimum absolute atomic E-state index is 0.586. The highest BCUT2D eigenvalue weighted by atomic mass is 32.1. The third kappa shape index (κ3) is 5.75. The van der Waals surface area contributed by atoms with Crippen molar-refractivity contribution in [1.29, 1.82) is 0 Å². The smallest absolute Gasteiger partial charge is 0.185 e. The van der Waals surface area contributed by atoms with Crippen molar-refractivity contribution in [1.82, 2.24) is 15.2 Å². The van der Waals surface area contributed by atoms with Gasteiger partial charge >= 0.3 is 0 Å². The van der Waals surface area contributed by atoms with Crippen LogP contribution in [0, 0.1) is 0 Å². The highest BCUT2D eigenvalue weighted by molar-refractivity contribution is 7.15. The molecule has 1 heterocycles. The van der Waals surface area contributed by atoms with E-state index in [2.05, 4.69) is 43.2 Å². The van der Waals surface area contributed by atoms with Crippen LogP contribution in [0.15, 0.2) is 0 Å². The van der Waals surface area contributed by atoms with Gasteiger partial charge in [-0.05, 0) is 33.6 Å². The maximum atomic E-state index is 5.25. The van der Waals surface area contributed by atoms with Gasteiger partial charge < -0.3 is 19.9 Å². The Morgan fingerprint density at radius 2 is 2.00 bits per heavy atom. The van der Waals surface area contributed by atoms with Crippen molar-refractivity contribution in [2.24, 2.45) is 0 Å². The van der Waals surface area contributed by atoms with Crippen LogP contribution in [0.3, 0.4) is 0 Å². The monoisotopic (exact) mass is 300 g/mol. The third-order valence-corrected chi connectivity index (χ3v) is 4.22. The first kappa shape index (κ1) is 17.4. The largest absolute Gasteiger partial charge is 0.378 e. The molecule has 0 radical (unpaired) electrons. The number of anilines is 1. The van der Waals surface area contributed by atoms with Crippen LogP contribution in [-0.2, 0) is 17.9 Å². The Hall–Kier alpha value is -0.690. The molecule has 0 unspecified atom stereocenters. The van der Waals surface area contributed by atoms with E-state index in [4.69, 9.17) is 9.72 Å². The molecular weight excluding hydrogens is 272 g/mol. The summed E-state index contributed by atoms with van der Waals surface area (Å²) in [6, 6.07) is 0. The van der Waals surface area contributed by atoms with E-state index in [1.807, 2.05) is 0 Å². The molecule has 116 valence electrons. The number of hydrogen-bond acceptors (Lipinski definition) is 6. The van der Waals surface area contributed by atoms with E-state index < -0.39 is 0 Å². The first-order valence-corrected chi connectivity index (χ1v) is 7.94. The molecule has 0 fully saturated rings. The number of rotatable bonds is 10. The molecule has 0 saturated carbocycles. The van der Waals surface area contributed by atoms with Crippen LogP contribution in [0.25, 0.3) is 0 Å². The maximum absolute atomic E-state index is 5.25. The molecule has 0 atom stereocenters. The number of ether oxygens (including phenoxy) is 1. The van der Waals surface area contributed by atoms with Crippen LogP contribution < -0.4 is 10.2 Å². The van der Waals surface area contributed by atoms with Crippen molar-refractivity contribution in [3.8, 4) is 0 Å². The molecular formula is C14H28N4OS. The summed E-state index contributed by atoms with van der Waals surface area (Å²) in [4.78, 5) is 10.4. The SMILES string of the molecule is CCNCc1sc(N(C)CCCN(C)C)nc1COC. The van der Waals surface area contributed by atoms with Crippen molar-refractivity contribution in [3.05, 3.63) is 10.6 Å². The lowest BCUT2D eigenvalue weighted by atomic mass is 10.3. The summed E-state index contributed by atoms with van der Waals surface area (Å²) in [7, 11) is 8.04. The van der Waals surface area contributed by atoms with Crippen molar-refractivity contribution in [3.63, 3.8) is 0 Å². The number of nitrogens with one attached hydrogen (secondary N) is 1. The van der Waals surface area contributed by atoms with Gasteiger partial charge in [-0.2, -0.15) is 0 Å². The average molecular weight is 300 g/mol. The van der Waals surface area contributed by atoms with Gasteiger partial charge in [0.2, 0.25) is 0 Å². The van der Waals surface area contributed by atoms with Gasteiger partial charge in [-0.25, -0.2) is 4.98 Å². The van der Waals surface area contributed by atoms with Gasteiger partial charge in [0, 0.05) is 32.1 Å². The van der Waals surface area contributed by atoms with E-state index >= 15 is 0 Å². The molecule has 0 spiro atoms. The fourth-order valence-corrected chi connectivity index (χ4v) is 2.90. The van der Waals surface area contributed by atoms with Crippen molar-refractivity contribution >= 4 is 16.5 Å². The molecule has 0 aliphatic carbocycles. The lowest BCUT2D eigenvalue weighted by molar-refractivity contribution is 0.181. The molecule has 6 heteroatoms. The molecule has 1 N–H and O–H groups in total. The number of nitrogens with zero attached hydrogens (tertiary/aromatic N) is 3. The molecule has 1 aromatic rings. The van der Waals surface area contributed by atoms with Gasteiger partial charge in [0.15, 0.2) is 5.13 Å². The number of aromatic nitrogens is 1. The topological polar surface area (TPSA) is 40.6 Å². The van der Waals surface area contributed by atoms with Crippen LogP contribution in [0.5, 0.6) is 0 Å². The maximum Gasteiger partial charge on any atom is 0.185 e. The minimum atomic E-state index is 0.586. The lowest BCUT2D eigenvalue weighted by Gasteiger charge is -2.17. The predicted octanol–water partition coefficient (Wildman–Crippen LogP) is 1.79. The van der Waals surface area contributed by atoms with Crippen LogP contribution in [0.2, 0.25) is 0 Å². The zero-order valence-electron chi connectivity index (χ0n) is 13.4. The predicted molar refractivity (Wildman–Crippen MR) is 86.6 cm³/mol. The van der Waals surface area contributed by atoms with Crippen LogP contribution >= 0.6 is 11.3 Å².